The molecule has 1 aliphatic rings. The number of ether oxygens (including phenoxy) is 2. The number of amides is 1. The van der Waals surface area contributed by atoms with Crippen molar-refractivity contribution in [2.45, 2.75) is 38.2 Å². The lowest BCUT2D eigenvalue weighted by Gasteiger charge is -2.22. The van der Waals surface area contributed by atoms with E-state index >= 15 is 0 Å². The van der Waals surface area contributed by atoms with Gasteiger partial charge in [0.25, 0.3) is 5.91 Å². The average molecular weight is 293 g/mol. The van der Waals surface area contributed by atoms with Crippen molar-refractivity contribution >= 4 is 5.91 Å². The highest BCUT2D eigenvalue weighted by Crippen LogP contribution is 2.23. The molecule has 0 bridgehead atoms. The molecule has 116 valence electrons. The van der Waals surface area contributed by atoms with Crippen molar-refractivity contribution in [3.63, 3.8) is 0 Å². The number of phenols is 1. The van der Waals surface area contributed by atoms with E-state index in [4.69, 9.17) is 9.47 Å². The first-order valence-electron chi connectivity index (χ1n) is 7.47. The molecule has 0 atom stereocenters. The van der Waals surface area contributed by atoms with Crippen molar-refractivity contribution in [1.29, 1.82) is 0 Å². The van der Waals surface area contributed by atoms with E-state index < -0.39 is 0 Å². The second-order valence-corrected chi connectivity index (χ2v) is 5.27. The molecule has 0 aromatic heterocycles. The van der Waals surface area contributed by atoms with Gasteiger partial charge in [-0.2, -0.15) is 0 Å². The van der Waals surface area contributed by atoms with E-state index in [9.17, 15) is 9.90 Å². The van der Waals surface area contributed by atoms with Crippen LogP contribution < -0.4 is 10.1 Å². The Balaban J connectivity index is 1.74. The number of benzene rings is 1. The zero-order valence-electron chi connectivity index (χ0n) is 12.4. The van der Waals surface area contributed by atoms with Crippen molar-refractivity contribution in [3.05, 3.63) is 23.8 Å². The van der Waals surface area contributed by atoms with E-state index in [2.05, 4.69) is 5.32 Å². The third kappa shape index (κ3) is 4.63. The molecular formula is C16H23NO4. The quantitative estimate of drug-likeness (QED) is 0.791. The molecule has 1 aromatic carbocycles. The van der Waals surface area contributed by atoms with E-state index in [-0.39, 0.29) is 17.2 Å². The highest BCUT2D eigenvalue weighted by Gasteiger charge is 2.14. The first-order valence-corrected chi connectivity index (χ1v) is 7.47. The highest BCUT2D eigenvalue weighted by molar-refractivity contribution is 5.96. The lowest BCUT2D eigenvalue weighted by molar-refractivity contribution is 0.0299. The number of carbonyl (C=O) groups excluding carboxylic acids is 1. The van der Waals surface area contributed by atoms with Gasteiger partial charge in [-0.25, -0.2) is 0 Å². The van der Waals surface area contributed by atoms with E-state index in [1.165, 1.54) is 32.4 Å². The molecule has 0 saturated heterocycles. The van der Waals surface area contributed by atoms with Crippen molar-refractivity contribution in [3.8, 4) is 11.5 Å². The van der Waals surface area contributed by atoms with Gasteiger partial charge in [0.15, 0.2) is 0 Å². The number of phenolic OH excluding ortho intramolecular Hbond substituents is 1. The Bertz CT molecular complexity index is 469. The molecule has 1 amide bonds. The summed E-state index contributed by atoms with van der Waals surface area (Å²) in [4.78, 5) is 11.9. The smallest absolute Gasteiger partial charge is 0.255 e. The van der Waals surface area contributed by atoms with Gasteiger partial charge in [0.2, 0.25) is 0 Å². The van der Waals surface area contributed by atoms with Crippen LogP contribution in [0.4, 0.5) is 0 Å². The van der Waals surface area contributed by atoms with E-state index in [1.807, 2.05) is 0 Å². The molecule has 0 heterocycles. The Morgan fingerprint density at radius 3 is 2.76 bits per heavy atom. The summed E-state index contributed by atoms with van der Waals surface area (Å²) >= 11 is 0. The predicted octanol–water partition coefficient (Wildman–Crippen LogP) is 2.48. The van der Waals surface area contributed by atoms with Gasteiger partial charge < -0.3 is 19.9 Å². The molecule has 21 heavy (non-hydrogen) atoms. The third-order valence-corrected chi connectivity index (χ3v) is 3.74. The summed E-state index contributed by atoms with van der Waals surface area (Å²) in [5.41, 5.74) is 0.244. The standard InChI is InChI=1S/C16H23NO4/c1-20-13-7-8-14(15(18)11-13)16(19)17-9-10-21-12-5-3-2-4-6-12/h7-8,11-12,18H,2-6,9-10H2,1H3,(H,17,19). The fourth-order valence-corrected chi connectivity index (χ4v) is 2.55. The van der Waals surface area contributed by atoms with Gasteiger partial charge in [0.1, 0.15) is 11.5 Å². The minimum atomic E-state index is -0.303. The van der Waals surface area contributed by atoms with Crippen LogP contribution in [-0.2, 0) is 4.74 Å². The van der Waals surface area contributed by atoms with Crippen LogP contribution in [0.3, 0.4) is 0 Å². The Morgan fingerprint density at radius 1 is 1.33 bits per heavy atom. The number of methoxy groups -OCH3 is 1. The summed E-state index contributed by atoms with van der Waals surface area (Å²) in [5, 5.41) is 12.5. The minimum absolute atomic E-state index is 0.0833. The average Bonchev–Trinajstić information content (AvgIpc) is 2.52. The Kier molecular flexibility index (Phi) is 5.87. The fraction of sp³-hybridized carbons (Fsp3) is 0.562. The molecule has 5 nitrogen and oxygen atoms in total. The van der Waals surface area contributed by atoms with Crippen molar-refractivity contribution in [2.75, 3.05) is 20.3 Å². The van der Waals surface area contributed by atoms with Crippen LogP contribution in [0.1, 0.15) is 42.5 Å². The number of hydrogen-bond donors (Lipinski definition) is 2. The topological polar surface area (TPSA) is 67.8 Å². The zero-order valence-corrected chi connectivity index (χ0v) is 12.4. The van der Waals surface area contributed by atoms with E-state index in [0.717, 1.165) is 12.8 Å². The van der Waals surface area contributed by atoms with Crippen molar-refractivity contribution in [2.24, 2.45) is 0 Å². The second-order valence-electron chi connectivity index (χ2n) is 5.27. The molecule has 2 rings (SSSR count). The van der Waals surface area contributed by atoms with Crippen LogP contribution in [0, 0.1) is 0 Å². The van der Waals surface area contributed by atoms with Gasteiger partial charge in [-0.3, -0.25) is 4.79 Å². The van der Waals surface area contributed by atoms with Gasteiger partial charge in [-0.15, -0.1) is 0 Å². The Hall–Kier alpha value is -1.75. The molecule has 1 aliphatic carbocycles. The molecule has 0 spiro atoms. The van der Waals surface area contributed by atoms with Gasteiger partial charge in [-0.05, 0) is 25.0 Å². The number of nitrogens with one attached hydrogen (secondary N) is 1. The maximum absolute atomic E-state index is 11.9. The Morgan fingerprint density at radius 2 is 2.10 bits per heavy atom. The monoisotopic (exact) mass is 293 g/mol. The molecule has 1 saturated carbocycles. The van der Waals surface area contributed by atoms with Crippen molar-refractivity contribution < 1.29 is 19.4 Å². The van der Waals surface area contributed by atoms with Crippen LogP contribution >= 0.6 is 0 Å². The summed E-state index contributed by atoms with van der Waals surface area (Å²) < 4.78 is 10.7. The fourth-order valence-electron chi connectivity index (χ4n) is 2.55. The molecule has 1 fully saturated rings. The van der Waals surface area contributed by atoms with Gasteiger partial charge in [0.05, 0.1) is 25.4 Å². The largest absolute Gasteiger partial charge is 0.507 e. The summed E-state index contributed by atoms with van der Waals surface area (Å²) in [5.74, 6) is 0.132. The molecule has 2 N–H and O–H groups in total. The molecule has 0 aliphatic heterocycles. The minimum Gasteiger partial charge on any atom is -0.507 e. The SMILES string of the molecule is COc1ccc(C(=O)NCCOC2CCCCC2)c(O)c1. The normalized spacial score (nSPS) is 15.7. The molecular weight excluding hydrogens is 270 g/mol. The number of rotatable bonds is 6. The van der Waals surface area contributed by atoms with Gasteiger partial charge >= 0.3 is 0 Å². The van der Waals surface area contributed by atoms with Gasteiger partial charge in [0, 0.05) is 12.6 Å². The van der Waals surface area contributed by atoms with Crippen LogP contribution in [0.2, 0.25) is 0 Å². The van der Waals surface area contributed by atoms with Crippen LogP contribution in [0.5, 0.6) is 11.5 Å². The number of aromatic hydroxyl groups is 1. The molecule has 5 heteroatoms. The maximum atomic E-state index is 11.9. The zero-order chi connectivity index (χ0) is 15.1. The first kappa shape index (κ1) is 15.6. The second kappa shape index (κ2) is 7.88. The number of carbonyl (C=O) groups is 1. The predicted molar refractivity (Wildman–Crippen MR) is 79.8 cm³/mol. The summed E-state index contributed by atoms with van der Waals surface area (Å²) in [7, 11) is 1.51. The van der Waals surface area contributed by atoms with Crippen LogP contribution in [-0.4, -0.2) is 37.4 Å². The summed E-state index contributed by atoms with van der Waals surface area (Å²) in [6, 6.07) is 4.62. The highest BCUT2D eigenvalue weighted by atomic mass is 16.5. The molecule has 0 unspecified atom stereocenters. The van der Waals surface area contributed by atoms with Crippen molar-refractivity contribution in [1.82, 2.24) is 5.32 Å². The van der Waals surface area contributed by atoms with Crippen LogP contribution in [0.25, 0.3) is 0 Å². The Labute approximate surface area is 125 Å². The lowest BCUT2D eigenvalue weighted by Crippen LogP contribution is -2.29. The first-order chi connectivity index (χ1) is 10.2. The lowest BCUT2D eigenvalue weighted by atomic mass is 9.98. The molecule has 0 radical (unpaired) electrons. The number of hydrogen-bond acceptors (Lipinski definition) is 4. The van der Waals surface area contributed by atoms with Gasteiger partial charge in [-0.1, -0.05) is 19.3 Å². The third-order valence-electron chi connectivity index (χ3n) is 3.74. The summed E-state index contributed by atoms with van der Waals surface area (Å²) in [6.45, 7) is 0.953. The molecule has 1 aromatic rings. The maximum Gasteiger partial charge on any atom is 0.255 e. The van der Waals surface area contributed by atoms with E-state index in [1.54, 1.807) is 12.1 Å². The van der Waals surface area contributed by atoms with E-state index in [0.29, 0.717) is 25.0 Å². The van der Waals surface area contributed by atoms with Crippen LogP contribution in [0.15, 0.2) is 18.2 Å². The summed E-state index contributed by atoms with van der Waals surface area (Å²) in [6.07, 6.45) is 6.34.